The lowest BCUT2D eigenvalue weighted by Gasteiger charge is -2.27. The Labute approximate surface area is 98.3 Å². The molecule has 0 aliphatic carbocycles. The van der Waals surface area contributed by atoms with E-state index in [9.17, 15) is 4.79 Å². The van der Waals surface area contributed by atoms with Crippen LogP contribution in [-0.2, 0) is 9.53 Å². The number of hydrogen-bond acceptors (Lipinski definition) is 3. The predicted molar refractivity (Wildman–Crippen MR) is 64.3 cm³/mol. The van der Waals surface area contributed by atoms with Crippen LogP contribution in [0.2, 0.25) is 0 Å². The number of carbonyl (C=O) groups is 1. The first-order valence-corrected chi connectivity index (χ1v) is 6.30. The second kappa shape index (κ2) is 7.63. The van der Waals surface area contributed by atoms with Gasteiger partial charge in [0.25, 0.3) is 0 Å². The predicted octanol–water partition coefficient (Wildman–Crippen LogP) is 0.871. The maximum Gasteiger partial charge on any atom is 0.224 e. The molecule has 1 amide bonds. The van der Waals surface area contributed by atoms with Crippen LogP contribution in [0.15, 0.2) is 0 Å². The van der Waals surface area contributed by atoms with E-state index in [1.54, 1.807) is 0 Å². The number of nitrogens with zero attached hydrogens (tertiary/aromatic N) is 1. The molecule has 1 rings (SSSR count). The zero-order valence-electron chi connectivity index (χ0n) is 10.5. The lowest BCUT2D eigenvalue weighted by atomic mass is 10.1. The van der Waals surface area contributed by atoms with Gasteiger partial charge in [-0.3, -0.25) is 4.79 Å². The highest BCUT2D eigenvalue weighted by Gasteiger charge is 2.15. The lowest BCUT2D eigenvalue weighted by molar-refractivity contribution is -0.135. The van der Waals surface area contributed by atoms with Gasteiger partial charge in [-0.2, -0.15) is 0 Å². The van der Waals surface area contributed by atoms with E-state index in [1.165, 1.54) is 6.42 Å². The van der Waals surface area contributed by atoms with Gasteiger partial charge in [0.1, 0.15) is 0 Å². The zero-order chi connectivity index (χ0) is 11.8. The van der Waals surface area contributed by atoms with Gasteiger partial charge in [0.2, 0.25) is 5.91 Å². The summed E-state index contributed by atoms with van der Waals surface area (Å²) in [6.45, 7) is 9.09. The SMILES string of the molecule is CCC(C)CNCCC(=O)N1CCOCC1. The summed E-state index contributed by atoms with van der Waals surface area (Å²) in [7, 11) is 0. The first-order chi connectivity index (χ1) is 7.74. The van der Waals surface area contributed by atoms with E-state index < -0.39 is 0 Å². The van der Waals surface area contributed by atoms with E-state index in [1.807, 2.05) is 4.90 Å². The van der Waals surface area contributed by atoms with E-state index in [2.05, 4.69) is 19.2 Å². The van der Waals surface area contributed by atoms with Crippen molar-refractivity contribution in [3.05, 3.63) is 0 Å². The quantitative estimate of drug-likeness (QED) is 0.686. The van der Waals surface area contributed by atoms with Gasteiger partial charge in [-0.1, -0.05) is 20.3 Å². The zero-order valence-corrected chi connectivity index (χ0v) is 10.5. The summed E-state index contributed by atoms with van der Waals surface area (Å²) in [4.78, 5) is 13.6. The maximum atomic E-state index is 11.7. The molecule has 0 aromatic rings. The van der Waals surface area contributed by atoms with E-state index in [4.69, 9.17) is 4.74 Å². The lowest BCUT2D eigenvalue weighted by Crippen LogP contribution is -2.41. The smallest absolute Gasteiger partial charge is 0.224 e. The van der Waals surface area contributed by atoms with Crippen molar-refractivity contribution < 1.29 is 9.53 Å². The number of amides is 1. The molecule has 0 aromatic heterocycles. The van der Waals surface area contributed by atoms with Crippen LogP contribution in [0.4, 0.5) is 0 Å². The normalized spacial score (nSPS) is 18.5. The van der Waals surface area contributed by atoms with Crippen LogP contribution in [0.5, 0.6) is 0 Å². The average Bonchev–Trinajstić information content (AvgIpc) is 2.35. The molecule has 4 heteroatoms. The summed E-state index contributed by atoms with van der Waals surface area (Å²) < 4.78 is 5.21. The topological polar surface area (TPSA) is 41.6 Å². The molecule has 1 N–H and O–H groups in total. The van der Waals surface area contributed by atoms with Crippen LogP contribution in [0.1, 0.15) is 26.7 Å². The maximum absolute atomic E-state index is 11.7. The fourth-order valence-corrected chi connectivity index (χ4v) is 1.66. The van der Waals surface area contributed by atoms with Crippen LogP contribution in [0.3, 0.4) is 0 Å². The van der Waals surface area contributed by atoms with Crippen molar-refractivity contribution >= 4 is 5.91 Å². The van der Waals surface area contributed by atoms with E-state index in [-0.39, 0.29) is 5.91 Å². The third kappa shape index (κ3) is 4.94. The minimum Gasteiger partial charge on any atom is -0.378 e. The van der Waals surface area contributed by atoms with E-state index >= 15 is 0 Å². The van der Waals surface area contributed by atoms with Crippen molar-refractivity contribution in [1.29, 1.82) is 0 Å². The van der Waals surface area contributed by atoms with Crippen LogP contribution in [0, 0.1) is 5.92 Å². The van der Waals surface area contributed by atoms with Gasteiger partial charge < -0.3 is 15.0 Å². The number of carbonyl (C=O) groups excluding carboxylic acids is 1. The molecule has 0 spiro atoms. The fourth-order valence-electron chi connectivity index (χ4n) is 1.66. The Morgan fingerprint density at radius 1 is 1.44 bits per heavy atom. The molecule has 4 nitrogen and oxygen atoms in total. The molecule has 0 radical (unpaired) electrons. The van der Waals surface area contributed by atoms with Gasteiger partial charge in [0.05, 0.1) is 13.2 Å². The van der Waals surface area contributed by atoms with Crippen LogP contribution < -0.4 is 5.32 Å². The number of morpholine rings is 1. The molecule has 0 aromatic carbocycles. The highest BCUT2D eigenvalue weighted by molar-refractivity contribution is 5.76. The molecule has 0 bridgehead atoms. The van der Waals surface area contributed by atoms with Crippen LogP contribution in [0.25, 0.3) is 0 Å². The molecule has 1 saturated heterocycles. The van der Waals surface area contributed by atoms with Crippen molar-refractivity contribution in [3.8, 4) is 0 Å². The van der Waals surface area contributed by atoms with Crippen molar-refractivity contribution in [2.24, 2.45) is 5.92 Å². The number of nitrogens with one attached hydrogen (secondary N) is 1. The number of rotatable bonds is 6. The first-order valence-electron chi connectivity index (χ1n) is 6.30. The molecule has 94 valence electrons. The van der Waals surface area contributed by atoms with Gasteiger partial charge in [0.15, 0.2) is 0 Å². The van der Waals surface area contributed by atoms with E-state index in [0.717, 1.165) is 26.2 Å². The Morgan fingerprint density at radius 2 is 2.12 bits per heavy atom. The minimum atomic E-state index is 0.250. The Kier molecular flexibility index (Phi) is 6.42. The van der Waals surface area contributed by atoms with Crippen molar-refractivity contribution in [1.82, 2.24) is 10.2 Å². The summed E-state index contributed by atoms with van der Waals surface area (Å²) in [5, 5.41) is 3.33. The molecule has 1 aliphatic rings. The van der Waals surface area contributed by atoms with Crippen LogP contribution in [-0.4, -0.2) is 50.2 Å². The molecular weight excluding hydrogens is 204 g/mol. The monoisotopic (exact) mass is 228 g/mol. The largest absolute Gasteiger partial charge is 0.378 e. The Morgan fingerprint density at radius 3 is 2.75 bits per heavy atom. The molecule has 1 unspecified atom stereocenters. The molecule has 1 atom stereocenters. The van der Waals surface area contributed by atoms with Gasteiger partial charge in [-0.05, 0) is 12.5 Å². The molecule has 16 heavy (non-hydrogen) atoms. The van der Waals surface area contributed by atoms with E-state index in [0.29, 0.717) is 25.6 Å². The molecular formula is C12H24N2O2. The summed E-state index contributed by atoms with van der Waals surface area (Å²) in [6.07, 6.45) is 1.79. The highest BCUT2D eigenvalue weighted by atomic mass is 16.5. The van der Waals surface area contributed by atoms with Crippen LogP contribution >= 0.6 is 0 Å². The fraction of sp³-hybridized carbons (Fsp3) is 0.917. The highest BCUT2D eigenvalue weighted by Crippen LogP contribution is 2.00. The molecule has 1 heterocycles. The standard InChI is InChI=1S/C12H24N2O2/c1-3-11(2)10-13-5-4-12(15)14-6-8-16-9-7-14/h11,13H,3-10H2,1-2H3. The van der Waals surface area contributed by atoms with Crippen molar-refractivity contribution in [2.45, 2.75) is 26.7 Å². The summed E-state index contributed by atoms with van der Waals surface area (Å²) >= 11 is 0. The summed E-state index contributed by atoms with van der Waals surface area (Å²) in [6, 6.07) is 0. The van der Waals surface area contributed by atoms with Gasteiger partial charge >= 0.3 is 0 Å². The third-order valence-electron chi connectivity index (χ3n) is 3.07. The second-order valence-electron chi connectivity index (χ2n) is 4.46. The average molecular weight is 228 g/mol. The van der Waals surface area contributed by atoms with Gasteiger partial charge in [-0.15, -0.1) is 0 Å². The summed E-state index contributed by atoms with van der Waals surface area (Å²) in [5.41, 5.74) is 0. The third-order valence-corrected chi connectivity index (χ3v) is 3.07. The Balaban J connectivity index is 2.05. The van der Waals surface area contributed by atoms with Gasteiger partial charge in [0, 0.05) is 26.1 Å². The second-order valence-corrected chi connectivity index (χ2v) is 4.46. The molecule has 1 aliphatic heterocycles. The Hall–Kier alpha value is -0.610. The molecule has 0 saturated carbocycles. The number of ether oxygens (including phenoxy) is 1. The minimum absolute atomic E-state index is 0.250. The van der Waals surface area contributed by atoms with Crippen molar-refractivity contribution in [3.63, 3.8) is 0 Å². The first kappa shape index (κ1) is 13.5. The molecule has 1 fully saturated rings. The van der Waals surface area contributed by atoms with Crippen molar-refractivity contribution in [2.75, 3.05) is 39.4 Å². The summed E-state index contributed by atoms with van der Waals surface area (Å²) in [5.74, 6) is 0.943. The number of hydrogen-bond donors (Lipinski definition) is 1. The van der Waals surface area contributed by atoms with Gasteiger partial charge in [-0.25, -0.2) is 0 Å². The Bertz CT molecular complexity index is 203.